The van der Waals surface area contributed by atoms with E-state index >= 15 is 0 Å². The fraction of sp³-hybridized carbons (Fsp3) is 0.265. The average Bonchev–Trinajstić information content (AvgIpc) is 3.87. The minimum Gasteiger partial charge on any atom is -0.451 e. The van der Waals surface area contributed by atoms with Gasteiger partial charge in [0.05, 0.1) is 22.9 Å². The van der Waals surface area contributed by atoms with Gasteiger partial charge in [-0.25, -0.2) is 0 Å². The molecule has 52 heavy (non-hydrogen) atoms. The zero-order valence-electron chi connectivity index (χ0n) is 28.5. The molecule has 1 aromatic carbocycles. The van der Waals surface area contributed by atoms with Crippen LogP contribution in [0.5, 0.6) is 0 Å². The number of aromatic nitrogens is 3. The Morgan fingerprint density at radius 1 is 0.769 bits per heavy atom. The van der Waals surface area contributed by atoms with Crippen LogP contribution >= 0.6 is 35.6 Å². The summed E-state index contributed by atoms with van der Waals surface area (Å²) >= 11 is 11.9. The van der Waals surface area contributed by atoms with Crippen LogP contribution in [0.25, 0.3) is 11.0 Å². The molecule has 10 N–H and O–H groups in total. The second kappa shape index (κ2) is 17.2. The molecule has 18 heteroatoms. The summed E-state index contributed by atoms with van der Waals surface area (Å²) in [4.78, 5) is 62.8. The summed E-state index contributed by atoms with van der Waals surface area (Å²) in [6.45, 7) is 6.50. The van der Waals surface area contributed by atoms with E-state index in [0.717, 1.165) is 11.1 Å². The summed E-state index contributed by atoms with van der Waals surface area (Å²) in [6, 6.07) is 7.24. The van der Waals surface area contributed by atoms with E-state index in [9.17, 15) is 19.2 Å². The normalized spacial score (nSPS) is 10.8. The first kappa shape index (κ1) is 39.4. The molecule has 276 valence electrons. The number of anilines is 4. The zero-order valence-corrected chi connectivity index (χ0v) is 30.8. The Bertz CT molecular complexity index is 2110. The van der Waals surface area contributed by atoms with Crippen molar-refractivity contribution in [3.63, 3.8) is 0 Å². The molecule has 0 bridgehead atoms. The van der Waals surface area contributed by atoms with Crippen LogP contribution in [0.4, 0.5) is 22.7 Å². The van der Waals surface area contributed by atoms with E-state index in [1.807, 2.05) is 12.1 Å². The molecule has 0 aliphatic heterocycles. The molecule has 0 fully saturated rings. The molecule has 0 unspecified atom stereocenters. The number of carbonyl (C=O) groups is 4. The Labute approximate surface area is 314 Å². The maximum atomic E-state index is 13.3. The van der Waals surface area contributed by atoms with Gasteiger partial charge in [-0.15, -0.1) is 35.6 Å². The van der Waals surface area contributed by atoms with E-state index in [-0.39, 0.29) is 54.1 Å². The van der Waals surface area contributed by atoms with Crippen molar-refractivity contribution in [3.8, 4) is 0 Å². The predicted octanol–water partition coefficient (Wildman–Crippen LogP) is 5.86. The fourth-order valence-electron chi connectivity index (χ4n) is 5.45. The van der Waals surface area contributed by atoms with Crippen LogP contribution in [0.2, 0.25) is 0 Å². The van der Waals surface area contributed by atoms with Crippen molar-refractivity contribution >= 4 is 98.8 Å². The number of fused-ring (bicyclic) bond motifs is 1. The van der Waals surface area contributed by atoms with Crippen LogP contribution in [0.1, 0.15) is 65.1 Å². The fourth-order valence-corrected chi connectivity index (χ4v) is 5.86. The number of carbonyl (C=O) groups excluding carboxylic acids is 4. The number of hydrogen-bond donors (Lipinski definition) is 9. The average molecular weight is 774 g/mol. The number of nitrogens with one attached hydrogen (secondary N) is 8. The first-order valence-electron chi connectivity index (χ1n) is 15.9. The van der Waals surface area contributed by atoms with Gasteiger partial charge in [-0.1, -0.05) is 0 Å². The number of nitrogens with two attached hydrogens (primary N) is 1. The SMILES string of the molecule is Cc1c(NC(=O)c2cc3cc(N(CCCl)CCCl)ccc3o2)c[nH]c1C(=O)Nc1c[nH]c(C(=O)Nc2c[nH]c(C(=O)NCCC(=N)N)c2C)c1C.Cl. The van der Waals surface area contributed by atoms with Crippen LogP contribution in [-0.4, -0.2) is 75.8 Å². The second-order valence-electron chi connectivity index (χ2n) is 11.7. The topological polar surface area (TPSA) is 230 Å². The van der Waals surface area contributed by atoms with Crippen molar-refractivity contribution in [3.05, 3.63) is 82.4 Å². The summed E-state index contributed by atoms with van der Waals surface area (Å²) in [5, 5.41) is 19.0. The number of H-pyrrole nitrogens is 3. The third-order valence-electron chi connectivity index (χ3n) is 8.32. The lowest BCUT2D eigenvalue weighted by Crippen LogP contribution is -2.28. The molecule has 5 aromatic rings. The van der Waals surface area contributed by atoms with Gasteiger partial charge in [0.25, 0.3) is 23.6 Å². The molecule has 5 rings (SSSR count). The van der Waals surface area contributed by atoms with Gasteiger partial charge in [-0.05, 0) is 45.0 Å². The lowest BCUT2D eigenvalue weighted by molar-refractivity contribution is 0.0947. The molecule has 0 aliphatic rings. The van der Waals surface area contributed by atoms with Gasteiger partial charge in [-0.2, -0.15) is 0 Å². The standard InChI is InChI=1S/C34H38Cl2N10O5.ClH/c1-17-23(15-40-28(17)32(48)39-9-6-27(37)38)44-34(50)30-19(3)24(16-42-30)45-33(49)29-18(2)22(14-41-29)43-31(47)26-13-20-12-21(4-5-25(20)51-26)46(10-7-35)11-8-36;/h4-5,12-16,40-42H,6-11H2,1-3H3,(H3,37,38)(H,39,48)(H,43,47)(H,44,50)(H,45,49);1H. The summed E-state index contributed by atoms with van der Waals surface area (Å²) in [6.07, 6.45) is 4.74. The highest BCUT2D eigenvalue weighted by Crippen LogP contribution is 2.28. The Kier molecular flexibility index (Phi) is 13.1. The Hall–Kier alpha value is -5.38. The largest absolute Gasteiger partial charge is 0.451 e. The van der Waals surface area contributed by atoms with Gasteiger partial charge in [0.15, 0.2) is 5.76 Å². The van der Waals surface area contributed by atoms with Gasteiger partial charge in [0, 0.05) is 84.2 Å². The maximum Gasteiger partial charge on any atom is 0.291 e. The molecular weight excluding hydrogens is 735 g/mol. The van der Waals surface area contributed by atoms with Gasteiger partial charge in [0.1, 0.15) is 22.7 Å². The summed E-state index contributed by atoms with van der Waals surface area (Å²) in [5.41, 5.74) is 10.1. The maximum absolute atomic E-state index is 13.3. The van der Waals surface area contributed by atoms with Crippen molar-refractivity contribution < 1.29 is 23.6 Å². The lowest BCUT2D eigenvalue weighted by atomic mass is 10.2. The number of halogens is 3. The smallest absolute Gasteiger partial charge is 0.291 e. The van der Waals surface area contributed by atoms with Crippen LogP contribution < -0.4 is 31.9 Å². The van der Waals surface area contributed by atoms with Gasteiger partial charge in [0.2, 0.25) is 0 Å². The number of benzene rings is 1. The third kappa shape index (κ3) is 8.73. The van der Waals surface area contributed by atoms with Crippen LogP contribution in [0.15, 0.2) is 47.3 Å². The van der Waals surface area contributed by atoms with Crippen molar-refractivity contribution in [1.29, 1.82) is 5.41 Å². The van der Waals surface area contributed by atoms with E-state index in [2.05, 4.69) is 41.1 Å². The first-order chi connectivity index (χ1) is 24.4. The molecule has 0 saturated heterocycles. The molecule has 4 amide bonds. The minimum absolute atomic E-state index is 0. The first-order valence-corrected chi connectivity index (χ1v) is 17.0. The number of hydrogen-bond acceptors (Lipinski definition) is 7. The van der Waals surface area contributed by atoms with E-state index in [1.54, 1.807) is 32.9 Å². The van der Waals surface area contributed by atoms with Crippen molar-refractivity contribution in [2.75, 3.05) is 52.2 Å². The van der Waals surface area contributed by atoms with E-state index in [4.69, 9.17) is 38.8 Å². The number of amides is 4. The number of furan rings is 1. The van der Waals surface area contributed by atoms with Crippen molar-refractivity contribution in [2.24, 2.45) is 5.73 Å². The Morgan fingerprint density at radius 3 is 1.73 bits per heavy atom. The number of nitrogens with zero attached hydrogens (tertiary/aromatic N) is 1. The Balaban J connectivity index is 0.00000605. The zero-order chi connectivity index (χ0) is 36.8. The number of amidine groups is 1. The molecule has 0 spiro atoms. The number of aromatic amines is 3. The molecule has 4 heterocycles. The molecule has 15 nitrogen and oxygen atoms in total. The van der Waals surface area contributed by atoms with Crippen molar-refractivity contribution in [1.82, 2.24) is 20.3 Å². The Morgan fingerprint density at radius 2 is 1.25 bits per heavy atom. The highest BCUT2D eigenvalue weighted by atomic mass is 35.5. The quantitative estimate of drug-likeness (QED) is 0.0357. The highest BCUT2D eigenvalue weighted by Gasteiger charge is 2.23. The van der Waals surface area contributed by atoms with Crippen LogP contribution in [0, 0.1) is 26.2 Å². The summed E-state index contributed by atoms with van der Waals surface area (Å²) in [5.74, 6) is -0.906. The van der Waals surface area contributed by atoms with E-state index in [1.165, 1.54) is 18.6 Å². The summed E-state index contributed by atoms with van der Waals surface area (Å²) < 4.78 is 5.80. The highest BCUT2D eigenvalue weighted by molar-refractivity contribution is 6.18. The van der Waals surface area contributed by atoms with E-state index in [0.29, 0.717) is 64.2 Å². The summed E-state index contributed by atoms with van der Waals surface area (Å²) in [7, 11) is 0. The molecular formula is C34H39Cl3N10O5. The van der Waals surface area contributed by atoms with E-state index < -0.39 is 23.6 Å². The molecule has 4 aromatic heterocycles. The molecule has 0 aliphatic carbocycles. The van der Waals surface area contributed by atoms with Gasteiger partial charge in [-0.3, -0.25) is 24.6 Å². The van der Waals surface area contributed by atoms with Crippen LogP contribution in [0.3, 0.4) is 0 Å². The number of alkyl halides is 2. The minimum atomic E-state index is -0.490. The second-order valence-corrected chi connectivity index (χ2v) is 12.5. The van der Waals surface area contributed by atoms with Gasteiger partial charge < -0.3 is 51.3 Å². The lowest BCUT2D eigenvalue weighted by Gasteiger charge is -2.22. The third-order valence-corrected chi connectivity index (χ3v) is 8.66. The monoisotopic (exact) mass is 772 g/mol. The molecule has 0 saturated carbocycles. The van der Waals surface area contributed by atoms with Crippen molar-refractivity contribution in [2.45, 2.75) is 27.2 Å². The predicted molar refractivity (Wildman–Crippen MR) is 206 cm³/mol. The number of rotatable bonds is 15. The molecule has 0 atom stereocenters. The molecule has 0 radical (unpaired) electrons. The van der Waals surface area contributed by atoms with Crippen LogP contribution in [-0.2, 0) is 0 Å². The van der Waals surface area contributed by atoms with Gasteiger partial charge >= 0.3 is 0 Å².